The van der Waals surface area contributed by atoms with E-state index >= 15 is 0 Å². The SMILES string of the molecule is Cc1ccc(S(=O)(=O)NCCN(C)C(=O)C2C3CCC(C3)C2N)cc1. The van der Waals surface area contributed by atoms with Gasteiger partial charge in [0.25, 0.3) is 0 Å². The fraction of sp³-hybridized carbons (Fsp3) is 0.611. The number of carbonyl (C=O) groups excluding carboxylic acids is 1. The van der Waals surface area contributed by atoms with E-state index in [2.05, 4.69) is 4.72 Å². The van der Waals surface area contributed by atoms with Crippen LogP contribution in [0.15, 0.2) is 29.2 Å². The molecule has 0 radical (unpaired) electrons. The molecule has 138 valence electrons. The summed E-state index contributed by atoms with van der Waals surface area (Å²) in [4.78, 5) is 14.5. The van der Waals surface area contributed by atoms with Crippen LogP contribution in [0.2, 0.25) is 0 Å². The number of likely N-dealkylation sites (N-methyl/N-ethyl adjacent to an activating group) is 1. The summed E-state index contributed by atoms with van der Waals surface area (Å²) in [6, 6.07) is 6.65. The van der Waals surface area contributed by atoms with E-state index in [0.717, 1.165) is 24.8 Å². The van der Waals surface area contributed by atoms with Crippen LogP contribution in [0.25, 0.3) is 0 Å². The summed E-state index contributed by atoms with van der Waals surface area (Å²) in [5.74, 6) is 0.832. The lowest BCUT2D eigenvalue weighted by atomic mass is 9.84. The topological polar surface area (TPSA) is 92.5 Å². The Balaban J connectivity index is 1.53. The van der Waals surface area contributed by atoms with E-state index in [0.29, 0.717) is 18.4 Å². The van der Waals surface area contributed by atoms with Crippen molar-refractivity contribution in [2.45, 2.75) is 37.1 Å². The summed E-state index contributed by atoms with van der Waals surface area (Å²) in [5, 5.41) is 0. The van der Waals surface area contributed by atoms with E-state index in [1.165, 1.54) is 0 Å². The molecule has 1 aromatic carbocycles. The number of nitrogens with two attached hydrogens (primary N) is 1. The lowest BCUT2D eigenvalue weighted by molar-refractivity contribution is -0.136. The number of sulfonamides is 1. The quantitative estimate of drug-likeness (QED) is 0.790. The molecule has 3 rings (SSSR count). The Morgan fingerprint density at radius 1 is 1.24 bits per heavy atom. The Morgan fingerprint density at radius 2 is 1.88 bits per heavy atom. The summed E-state index contributed by atoms with van der Waals surface area (Å²) in [7, 11) is -1.83. The van der Waals surface area contributed by atoms with Crippen molar-refractivity contribution < 1.29 is 13.2 Å². The first-order valence-corrected chi connectivity index (χ1v) is 10.3. The number of aryl methyl sites for hydroxylation is 1. The lowest BCUT2D eigenvalue weighted by Gasteiger charge is -2.30. The minimum Gasteiger partial charge on any atom is -0.344 e. The van der Waals surface area contributed by atoms with Gasteiger partial charge in [-0.05, 0) is 50.2 Å². The molecule has 0 heterocycles. The highest BCUT2D eigenvalue weighted by Crippen LogP contribution is 2.48. The van der Waals surface area contributed by atoms with Crippen LogP contribution in [-0.2, 0) is 14.8 Å². The second-order valence-corrected chi connectivity index (χ2v) is 9.17. The predicted octanol–water partition coefficient (Wildman–Crippen LogP) is 1.11. The van der Waals surface area contributed by atoms with Crippen LogP contribution >= 0.6 is 0 Å². The van der Waals surface area contributed by atoms with E-state index < -0.39 is 10.0 Å². The van der Waals surface area contributed by atoms with E-state index in [1.54, 1.807) is 36.2 Å². The standard InChI is InChI=1S/C18H27N3O3S/c1-12-3-7-15(8-4-12)25(23,24)20-9-10-21(2)18(22)16-13-5-6-14(11-13)17(16)19/h3-4,7-8,13-14,16-17,20H,5-6,9-11,19H2,1-2H3. The van der Waals surface area contributed by atoms with E-state index in [-0.39, 0.29) is 29.3 Å². The number of nitrogens with zero attached hydrogens (tertiary/aromatic N) is 1. The van der Waals surface area contributed by atoms with Gasteiger partial charge in [0.1, 0.15) is 0 Å². The van der Waals surface area contributed by atoms with Crippen molar-refractivity contribution in [3.63, 3.8) is 0 Å². The average molecular weight is 365 g/mol. The molecular formula is C18H27N3O3S. The van der Waals surface area contributed by atoms with E-state index in [4.69, 9.17) is 5.73 Å². The van der Waals surface area contributed by atoms with Crippen LogP contribution in [-0.4, -0.2) is 45.4 Å². The Kier molecular flexibility index (Phi) is 5.18. The van der Waals surface area contributed by atoms with E-state index in [9.17, 15) is 13.2 Å². The summed E-state index contributed by atoms with van der Waals surface area (Å²) in [6.07, 6.45) is 3.28. The number of benzene rings is 1. The molecule has 7 heteroatoms. The zero-order chi connectivity index (χ0) is 18.2. The normalized spacial score (nSPS) is 28.3. The van der Waals surface area contributed by atoms with Crippen molar-refractivity contribution in [2.24, 2.45) is 23.5 Å². The molecule has 1 aromatic rings. The number of nitrogens with one attached hydrogen (secondary N) is 1. The van der Waals surface area contributed by atoms with Gasteiger partial charge in [0.2, 0.25) is 15.9 Å². The molecule has 0 aromatic heterocycles. The van der Waals surface area contributed by atoms with Crippen LogP contribution in [0.1, 0.15) is 24.8 Å². The monoisotopic (exact) mass is 365 g/mol. The van der Waals surface area contributed by atoms with Crippen molar-refractivity contribution >= 4 is 15.9 Å². The molecular weight excluding hydrogens is 338 g/mol. The second kappa shape index (κ2) is 7.05. The first-order chi connectivity index (χ1) is 11.8. The van der Waals surface area contributed by atoms with Gasteiger partial charge in [-0.25, -0.2) is 13.1 Å². The number of carbonyl (C=O) groups is 1. The molecule has 3 N–H and O–H groups in total. The van der Waals surface area contributed by atoms with Gasteiger partial charge in [-0.1, -0.05) is 17.7 Å². The Bertz CT molecular complexity index is 730. The summed E-state index contributed by atoms with van der Waals surface area (Å²) >= 11 is 0. The zero-order valence-corrected chi connectivity index (χ0v) is 15.6. The molecule has 2 bridgehead atoms. The Hall–Kier alpha value is -1.44. The lowest BCUT2D eigenvalue weighted by Crippen LogP contribution is -2.47. The third-order valence-corrected chi connectivity index (χ3v) is 7.19. The summed E-state index contributed by atoms with van der Waals surface area (Å²) < 4.78 is 27.1. The van der Waals surface area contributed by atoms with Gasteiger partial charge in [-0.3, -0.25) is 4.79 Å². The van der Waals surface area contributed by atoms with Crippen molar-refractivity contribution in [3.05, 3.63) is 29.8 Å². The average Bonchev–Trinajstić information content (AvgIpc) is 3.15. The Labute approximate surface area is 149 Å². The molecule has 4 unspecified atom stereocenters. The molecule has 25 heavy (non-hydrogen) atoms. The first-order valence-electron chi connectivity index (χ1n) is 8.86. The van der Waals surface area contributed by atoms with Crippen molar-refractivity contribution in [2.75, 3.05) is 20.1 Å². The third kappa shape index (κ3) is 3.73. The van der Waals surface area contributed by atoms with Gasteiger partial charge in [0, 0.05) is 26.2 Å². The van der Waals surface area contributed by atoms with Gasteiger partial charge in [0.05, 0.1) is 10.8 Å². The van der Waals surface area contributed by atoms with Gasteiger partial charge in [-0.15, -0.1) is 0 Å². The number of hydrogen-bond donors (Lipinski definition) is 2. The summed E-state index contributed by atoms with van der Waals surface area (Å²) in [6.45, 7) is 2.43. The van der Waals surface area contributed by atoms with Crippen LogP contribution in [0.5, 0.6) is 0 Å². The van der Waals surface area contributed by atoms with Crippen LogP contribution < -0.4 is 10.5 Å². The van der Waals surface area contributed by atoms with Gasteiger partial charge in [0.15, 0.2) is 0 Å². The minimum absolute atomic E-state index is 0.0436. The highest BCUT2D eigenvalue weighted by molar-refractivity contribution is 7.89. The molecule has 2 aliphatic carbocycles. The number of rotatable bonds is 6. The van der Waals surface area contributed by atoms with Crippen molar-refractivity contribution in [1.82, 2.24) is 9.62 Å². The summed E-state index contributed by atoms with van der Waals surface area (Å²) in [5.41, 5.74) is 7.24. The fourth-order valence-electron chi connectivity index (χ4n) is 4.22. The maximum Gasteiger partial charge on any atom is 0.240 e. The predicted molar refractivity (Wildman–Crippen MR) is 96.3 cm³/mol. The molecule has 2 fully saturated rings. The molecule has 0 saturated heterocycles. The van der Waals surface area contributed by atoms with E-state index in [1.807, 2.05) is 6.92 Å². The number of hydrogen-bond acceptors (Lipinski definition) is 4. The van der Waals surface area contributed by atoms with Crippen molar-refractivity contribution in [3.8, 4) is 0 Å². The maximum absolute atomic E-state index is 12.7. The molecule has 2 aliphatic rings. The number of fused-ring (bicyclic) bond motifs is 2. The van der Waals surface area contributed by atoms with Gasteiger partial charge >= 0.3 is 0 Å². The van der Waals surface area contributed by atoms with Crippen LogP contribution in [0.4, 0.5) is 0 Å². The molecule has 1 amide bonds. The van der Waals surface area contributed by atoms with Crippen molar-refractivity contribution in [1.29, 1.82) is 0 Å². The first kappa shape index (κ1) is 18.4. The minimum atomic E-state index is -3.55. The van der Waals surface area contributed by atoms with Crippen LogP contribution in [0, 0.1) is 24.7 Å². The van der Waals surface area contributed by atoms with Gasteiger partial charge in [-0.2, -0.15) is 0 Å². The molecule has 6 nitrogen and oxygen atoms in total. The van der Waals surface area contributed by atoms with Gasteiger partial charge < -0.3 is 10.6 Å². The Morgan fingerprint density at radius 3 is 2.48 bits per heavy atom. The van der Waals surface area contributed by atoms with Crippen LogP contribution in [0.3, 0.4) is 0 Å². The molecule has 4 atom stereocenters. The fourth-order valence-corrected chi connectivity index (χ4v) is 5.24. The maximum atomic E-state index is 12.7. The highest BCUT2D eigenvalue weighted by Gasteiger charge is 2.49. The molecule has 0 spiro atoms. The molecule has 2 saturated carbocycles. The zero-order valence-electron chi connectivity index (χ0n) is 14.8. The number of amides is 1. The smallest absolute Gasteiger partial charge is 0.240 e. The second-order valence-electron chi connectivity index (χ2n) is 7.41. The molecule has 0 aliphatic heterocycles. The highest BCUT2D eigenvalue weighted by atomic mass is 32.2. The third-order valence-electron chi connectivity index (χ3n) is 5.71. The largest absolute Gasteiger partial charge is 0.344 e.